The van der Waals surface area contributed by atoms with Crippen molar-refractivity contribution in [3.63, 3.8) is 0 Å². The van der Waals surface area contributed by atoms with Gasteiger partial charge in [0.05, 0.1) is 23.2 Å². The van der Waals surface area contributed by atoms with E-state index in [-0.39, 0.29) is 29.1 Å². The van der Waals surface area contributed by atoms with Crippen LogP contribution in [0.3, 0.4) is 0 Å². The Morgan fingerprint density at radius 3 is 2.58 bits per heavy atom. The highest BCUT2D eigenvalue weighted by Crippen LogP contribution is 2.26. The number of nitrogens with zero attached hydrogens (tertiary/aromatic N) is 3. The smallest absolute Gasteiger partial charge is 0.188 e. The summed E-state index contributed by atoms with van der Waals surface area (Å²) in [5.74, 6) is 0.982. The molecule has 1 aliphatic carbocycles. The summed E-state index contributed by atoms with van der Waals surface area (Å²) in [5, 5.41) is 1.81. The molecule has 4 rings (SSSR count). The number of halogens is 1. The Labute approximate surface area is 144 Å². The molecule has 0 saturated carbocycles. The van der Waals surface area contributed by atoms with Gasteiger partial charge in [0.25, 0.3) is 0 Å². The highest BCUT2D eigenvalue weighted by atomic mass is 35.5. The van der Waals surface area contributed by atoms with Gasteiger partial charge in [-0.25, -0.2) is 9.98 Å². The molecule has 0 amide bonds. The van der Waals surface area contributed by atoms with E-state index in [1.807, 2.05) is 43.5 Å². The van der Waals surface area contributed by atoms with E-state index in [9.17, 15) is 4.79 Å². The number of hydrogen-bond acceptors (Lipinski definition) is 3. The molecule has 126 valence electrons. The van der Waals surface area contributed by atoms with Crippen LogP contribution in [0.25, 0.3) is 5.57 Å². The molecule has 6 nitrogen and oxygen atoms in total. The van der Waals surface area contributed by atoms with E-state index in [4.69, 9.17) is 0 Å². The second-order valence-electron chi connectivity index (χ2n) is 5.18. The standard InChI is InChI=1S/C17H13N3O.ClH.2H2O/c1-11-18-8-9-20(11)10-12-6-7-15(21)16-13-4-2-3-5-14(13)19-17(12)16;;;/h2-9H,10H2,1H3;1H;2*1H2. The Morgan fingerprint density at radius 2 is 1.88 bits per heavy atom. The fraction of sp³-hybridized carbons (Fsp3) is 0.118. The van der Waals surface area contributed by atoms with Gasteiger partial charge in [0.15, 0.2) is 5.78 Å². The van der Waals surface area contributed by atoms with Crippen LogP contribution in [0.15, 0.2) is 65.1 Å². The molecule has 0 saturated heterocycles. The second kappa shape index (κ2) is 7.35. The van der Waals surface area contributed by atoms with Gasteiger partial charge in [0, 0.05) is 17.6 Å². The number of carbonyl (C=O) groups excluding carboxylic acids is 1. The molecular formula is C17H18ClN3O3. The number of allylic oxidation sites excluding steroid dienone is 4. The molecule has 2 aliphatic rings. The zero-order valence-corrected chi connectivity index (χ0v) is 13.8. The quantitative estimate of drug-likeness (QED) is 0.752. The van der Waals surface area contributed by atoms with E-state index in [1.165, 1.54) is 0 Å². The molecule has 0 unspecified atom stereocenters. The summed E-state index contributed by atoms with van der Waals surface area (Å²) in [4.78, 5) is 21.1. The number of rotatable bonds is 2. The molecule has 1 aromatic heterocycles. The summed E-state index contributed by atoms with van der Waals surface area (Å²) >= 11 is 0. The molecule has 0 atom stereocenters. The number of aryl methyl sites for hydroxylation is 1. The molecule has 0 spiro atoms. The number of para-hydroxylation sites is 1. The molecule has 1 aromatic carbocycles. The molecule has 24 heavy (non-hydrogen) atoms. The van der Waals surface area contributed by atoms with Crippen molar-refractivity contribution in [2.24, 2.45) is 4.99 Å². The first-order valence-electron chi connectivity index (χ1n) is 6.86. The maximum absolute atomic E-state index is 12.2. The molecule has 2 aromatic rings. The summed E-state index contributed by atoms with van der Waals surface area (Å²) < 4.78 is 2.05. The summed E-state index contributed by atoms with van der Waals surface area (Å²) in [6.45, 7) is 2.64. The number of carbonyl (C=O) groups is 1. The van der Waals surface area contributed by atoms with Crippen LogP contribution >= 0.6 is 12.4 Å². The lowest BCUT2D eigenvalue weighted by Crippen LogP contribution is -2.24. The van der Waals surface area contributed by atoms with E-state index in [2.05, 4.69) is 14.5 Å². The number of fused-ring (bicyclic) bond motifs is 2. The Hall–Kier alpha value is -2.54. The summed E-state index contributed by atoms with van der Waals surface area (Å²) in [5.41, 5.74) is 2.57. The molecule has 4 N–H and O–H groups in total. The third-order valence-electron chi connectivity index (χ3n) is 3.89. The van der Waals surface area contributed by atoms with E-state index < -0.39 is 0 Å². The van der Waals surface area contributed by atoms with Crippen molar-refractivity contribution in [2.45, 2.75) is 13.5 Å². The Kier molecular flexibility index (Phi) is 5.98. The average molecular weight is 348 g/mol. The predicted octanol–water partition coefficient (Wildman–Crippen LogP) is -0.159. The summed E-state index contributed by atoms with van der Waals surface area (Å²) in [6.07, 6.45) is 7.23. The normalized spacial score (nSPS) is 14.0. The topological polar surface area (TPSA) is 110 Å². The third-order valence-corrected chi connectivity index (χ3v) is 3.89. The van der Waals surface area contributed by atoms with Gasteiger partial charge in [-0.2, -0.15) is 0 Å². The zero-order valence-electron chi connectivity index (χ0n) is 13.0. The van der Waals surface area contributed by atoms with Crippen LogP contribution in [0.2, 0.25) is 0 Å². The van der Waals surface area contributed by atoms with Gasteiger partial charge in [-0.3, -0.25) is 4.79 Å². The minimum atomic E-state index is 0. The van der Waals surface area contributed by atoms with Crippen molar-refractivity contribution in [1.29, 1.82) is 0 Å². The van der Waals surface area contributed by atoms with Crippen LogP contribution in [0, 0.1) is 6.92 Å². The van der Waals surface area contributed by atoms with Gasteiger partial charge in [-0.05, 0) is 24.6 Å². The van der Waals surface area contributed by atoms with Gasteiger partial charge < -0.3 is 15.5 Å². The zero-order chi connectivity index (χ0) is 14.4. The van der Waals surface area contributed by atoms with Crippen LogP contribution in [-0.4, -0.2) is 26.3 Å². The molecule has 0 bridgehead atoms. The summed E-state index contributed by atoms with van der Waals surface area (Å²) in [7, 11) is 0. The van der Waals surface area contributed by atoms with Crippen molar-refractivity contribution in [3.8, 4) is 0 Å². The number of benzene rings is 1. The molecular weight excluding hydrogens is 330 g/mol. The van der Waals surface area contributed by atoms with Gasteiger partial charge in [-0.15, -0.1) is 12.4 Å². The van der Waals surface area contributed by atoms with E-state index in [0.717, 1.165) is 33.2 Å². The fourth-order valence-electron chi connectivity index (χ4n) is 2.79. The maximum Gasteiger partial charge on any atom is 0.188 e. The Bertz CT molecular complexity index is 957. The molecule has 0 radical (unpaired) electrons. The lowest BCUT2D eigenvalue weighted by Gasteiger charge is -2.13. The van der Waals surface area contributed by atoms with Crippen molar-refractivity contribution in [1.82, 2.24) is 9.55 Å². The van der Waals surface area contributed by atoms with Crippen LogP contribution in [0.1, 0.15) is 5.82 Å². The van der Waals surface area contributed by atoms with E-state index in [0.29, 0.717) is 6.54 Å². The van der Waals surface area contributed by atoms with E-state index >= 15 is 0 Å². The van der Waals surface area contributed by atoms with Crippen LogP contribution in [0.4, 0.5) is 0 Å². The predicted molar refractivity (Wildman–Crippen MR) is 93.2 cm³/mol. The molecule has 0 fully saturated rings. The minimum Gasteiger partial charge on any atom is -0.412 e. The SMILES string of the molecule is Cc1nccn1CC1=C2N=c3ccccc3=C2C(=O)C=C1.Cl.O.O. The minimum absolute atomic E-state index is 0. The number of hydrogen-bond donors (Lipinski definition) is 0. The van der Waals surface area contributed by atoms with Gasteiger partial charge in [-0.1, -0.05) is 24.3 Å². The first kappa shape index (κ1) is 19.5. The van der Waals surface area contributed by atoms with Crippen molar-refractivity contribution < 1.29 is 15.7 Å². The number of imidazole rings is 1. The van der Waals surface area contributed by atoms with Crippen molar-refractivity contribution in [2.75, 3.05) is 0 Å². The highest BCUT2D eigenvalue weighted by molar-refractivity contribution is 6.27. The highest BCUT2D eigenvalue weighted by Gasteiger charge is 2.24. The molecule has 7 heteroatoms. The van der Waals surface area contributed by atoms with Crippen molar-refractivity contribution >= 4 is 23.8 Å². The van der Waals surface area contributed by atoms with Crippen LogP contribution in [0.5, 0.6) is 0 Å². The van der Waals surface area contributed by atoms with Crippen molar-refractivity contribution in [3.05, 3.63) is 76.5 Å². The van der Waals surface area contributed by atoms with E-state index in [1.54, 1.807) is 12.3 Å². The lowest BCUT2D eigenvalue weighted by molar-refractivity contribution is -0.109. The van der Waals surface area contributed by atoms with Gasteiger partial charge in [0.2, 0.25) is 0 Å². The summed E-state index contributed by atoms with van der Waals surface area (Å²) in [6, 6.07) is 7.79. The number of ketones is 1. The monoisotopic (exact) mass is 347 g/mol. The first-order chi connectivity index (χ1) is 10.2. The van der Waals surface area contributed by atoms with Gasteiger partial charge >= 0.3 is 0 Å². The van der Waals surface area contributed by atoms with Crippen LogP contribution < -0.4 is 10.6 Å². The molecule has 2 heterocycles. The lowest BCUT2D eigenvalue weighted by atomic mass is 9.96. The Balaban J connectivity index is 0.000000960. The fourth-order valence-corrected chi connectivity index (χ4v) is 2.79. The average Bonchev–Trinajstić information content (AvgIpc) is 3.06. The molecule has 1 aliphatic heterocycles. The van der Waals surface area contributed by atoms with Crippen LogP contribution in [-0.2, 0) is 11.3 Å². The largest absolute Gasteiger partial charge is 0.412 e. The first-order valence-corrected chi connectivity index (χ1v) is 6.86. The Morgan fingerprint density at radius 1 is 1.12 bits per heavy atom. The second-order valence-corrected chi connectivity index (χ2v) is 5.18. The number of aromatic nitrogens is 2. The van der Waals surface area contributed by atoms with Gasteiger partial charge in [0.1, 0.15) is 5.82 Å². The third kappa shape index (κ3) is 2.94. The maximum atomic E-state index is 12.2.